The molecule has 0 aliphatic carbocycles. The number of anilines is 2. The van der Waals surface area contributed by atoms with E-state index in [4.69, 9.17) is 12.2 Å². The van der Waals surface area contributed by atoms with Crippen LogP contribution in [0.2, 0.25) is 0 Å². The molecule has 5 nitrogen and oxygen atoms in total. The number of carbonyl (C=O) groups is 2. The van der Waals surface area contributed by atoms with Crippen LogP contribution in [-0.2, 0) is 9.59 Å². The maximum Gasteiger partial charge on any atom is 0.270 e. The van der Waals surface area contributed by atoms with Gasteiger partial charge < -0.3 is 4.90 Å². The molecule has 0 unspecified atom stereocenters. The Morgan fingerprint density at radius 1 is 1.00 bits per heavy atom. The maximum atomic E-state index is 13.5. The highest BCUT2D eigenvalue weighted by molar-refractivity contribution is 7.80. The molecule has 34 heavy (non-hydrogen) atoms. The molecule has 6 heteroatoms. The fourth-order valence-electron chi connectivity index (χ4n) is 5.20. The Balaban J connectivity index is 1.77. The minimum Gasteiger partial charge on any atom is -0.360 e. The number of benzene rings is 2. The van der Waals surface area contributed by atoms with E-state index in [1.165, 1.54) is 10.5 Å². The lowest BCUT2D eigenvalue weighted by molar-refractivity contribution is -0.122. The SMILES string of the molecule is CC1=CC(C)(C)N(C(C)C)c2ccc(/C=C3\C(=O)NC(=S)N(c4ccc(C)cc4C)C3=O)cc21. The first-order valence-electron chi connectivity index (χ1n) is 11.5. The van der Waals surface area contributed by atoms with Crippen LogP contribution in [0.4, 0.5) is 11.4 Å². The molecule has 176 valence electrons. The molecule has 4 rings (SSSR count). The number of aryl methyl sites for hydroxylation is 2. The molecule has 2 amide bonds. The Morgan fingerprint density at radius 2 is 1.68 bits per heavy atom. The average molecular weight is 474 g/mol. The Hall–Kier alpha value is -3.25. The largest absolute Gasteiger partial charge is 0.360 e. The van der Waals surface area contributed by atoms with Gasteiger partial charge in [0.1, 0.15) is 5.57 Å². The van der Waals surface area contributed by atoms with Crippen LogP contribution in [0.1, 0.15) is 56.9 Å². The van der Waals surface area contributed by atoms with Crippen molar-refractivity contribution in [3.63, 3.8) is 0 Å². The van der Waals surface area contributed by atoms with E-state index < -0.39 is 11.8 Å². The molecule has 2 aromatic rings. The summed E-state index contributed by atoms with van der Waals surface area (Å²) >= 11 is 5.36. The molecule has 2 heterocycles. The van der Waals surface area contributed by atoms with E-state index in [-0.39, 0.29) is 16.2 Å². The molecule has 2 aliphatic heterocycles. The summed E-state index contributed by atoms with van der Waals surface area (Å²) in [6.07, 6.45) is 3.92. The predicted molar refractivity (Wildman–Crippen MR) is 144 cm³/mol. The first-order chi connectivity index (χ1) is 15.9. The van der Waals surface area contributed by atoms with Crippen LogP contribution in [-0.4, -0.2) is 28.5 Å². The molecule has 2 aromatic carbocycles. The van der Waals surface area contributed by atoms with Crippen molar-refractivity contribution in [2.75, 3.05) is 9.80 Å². The fraction of sp³-hybridized carbons (Fsp3) is 0.321. The van der Waals surface area contributed by atoms with Gasteiger partial charge in [-0.05, 0) is 102 Å². The third kappa shape index (κ3) is 4.07. The number of thiocarbonyl (C=S) groups is 1. The summed E-state index contributed by atoms with van der Waals surface area (Å²) in [6, 6.07) is 12.2. The summed E-state index contributed by atoms with van der Waals surface area (Å²) in [5.41, 5.74) is 6.86. The summed E-state index contributed by atoms with van der Waals surface area (Å²) in [7, 11) is 0. The number of carbonyl (C=O) groups excluding carboxylic acids is 2. The lowest BCUT2D eigenvalue weighted by Gasteiger charge is -2.46. The number of allylic oxidation sites excluding steroid dienone is 1. The Bertz CT molecular complexity index is 1290. The predicted octanol–water partition coefficient (Wildman–Crippen LogP) is 5.55. The summed E-state index contributed by atoms with van der Waals surface area (Å²) in [4.78, 5) is 30.0. The second kappa shape index (κ2) is 8.51. The van der Waals surface area contributed by atoms with Crippen molar-refractivity contribution < 1.29 is 9.59 Å². The Labute approximate surface area is 207 Å². The number of hydrogen-bond donors (Lipinski definition) is 1. The van der Waals surface area contributed by atoms with Gasteiger partial charge in [0.05, 0.1) is 11.2 Å². The first-order valence-corrected chi connectivity index (χ1v) is 11.9. The molecule has 0 bridgehead atoms. The van der Waals surface area contributed by atoms with Crippen molar-refractivity contribution in [1.29, 1.82) is 0 Å². The zero-order valence-corrected chi connectivity index (χ0v) is 21.6. The van der Waals surface area contributed by atoms with Gasteiger partial charge in [0, 0.05) is 17.3 Å². The van der Waals surface area contributed by atoms with Gasteiger partial charge >= 0.3 is 0 Å². The van der Waals surface area contributed by atoms with Gasteiger partial charge in [-0.1, -0.05) is 29.8 Å². The normalized spacial score (nSPS) is 18.9. The second-order valence-corrected chi connectivity index (χ2v) is 10.4. The molecular formula is C28H31N3O2S. The molecule has 0 radical (unpaired) electrons. The number of fused-ring (bicyclic) bond motifs is 1. The van der Waals surface area contributed by atoms with E-state index in [0.29, 0.717) is 11.7 Å². The molecule has 0 saturated carbocycles. The lowest BCUT2D eigenvalue weighted by atomic mass is 9.86. The Morgan fingerprint density at radius 3 is 2.32 bits per heavy atom. The van der Waals surface area contributed by atoms with Crippen LogP contribution in [0.25, 0.3) is 11.6 Å². The highest BCUT2D eigenvalue weighted by Gasteiger charge is 2.36. The molecule has 1 fully saturated rings. The van der Waals surface area contributed by atoms with E-state index in [1.807, 2.05) is 44.2 Å². The van der Waals surface area contributed by atoms with Crippen molar-refractivity contribution in [3.05, 3.63) is 70.3 Å². The quantitative estimate of drug-likeness (QED) is 0.361. The summed E-state index contributed by atoms with van der Waals surface area (Å²) < 4.78 is 0. The van der Waals surface area contributed by atoms with E-state index in [2.05, 4.69) is 57.0 Å². The van der Waals surface area contributed by atoms with Crippen LogP contribution in [0.15, 0.2) is 48.0 Å². The molecule has 0 aromatic heterocycles. The monoisotopic (exact) mass is 473 g/mol. The van der Waals surface area contributed by atoms with Gasteiger partial charge in [0.15, 0.2) is 5.11 Å². The van der Waals surface area contributed by atoms with E-state index >= 15 is 0 Å². The van der Waals surface area contributed by atoms with Gasteiger partial charge in [-0.2, -0.15) is 0 Å². The molecule has 0 spiro atoms. The summed E-state index contributed by atoms with van der Waals surface area (Å²) in [5, 5.41) is 2.78. The average Bonchev–Trinajstić information content (AvgIpc) is 2.72. The number of rotatable bonds is 3. The minimum atomic E-state index is -0.481. The van der Waals surface area contributed by atoms with Crippen LogP contribution in [0.3, 0.4) is 0 Å². The van der Waals surface area contributed by atoms with Crippen LogP contribution in [0.5, 0.6) is 0 Å². The second-order valence-electron chi connectivity index (χ2n) is 9.97. The number of nitrogens with zero attached hydrogens (tertiary/aromatic N) is 2. The zero-order valence-electron chi connectivity index (χ0n) is 20.8. The van der Waals surface area contributed by atoms with Gasteiger partial charge in [0.25, 0.3) is 11.8 Å². The summed E-state index contributed by atoms with van der Waals surface area (Å²) in [6.45, 7) is 14.8. The smallest absolute Gasteiger partial charge is 0.270 e. The highest BCUT2D eigenvalue weighted by atomic mass is 32.1. The molecule has 0 atom stereocenters. The van der Waals surface area contributed by atoms with Crippen molar-refractivity contribution in [1.82, 2.24) is 5.32 Å². The van der Waals surface area contributed by atoms with Crippen molar-refractivity contribution in [2.24, 2.45) is 0 Å². The van der Waals surface area contributed by atoms with Gasteiger partial charge in [-0.25, -0.2) is 0 Å². The maximum absolute atomic E-state index is 13.5. The highest BCUT2D eigenvalue weighted by Crippen LogP contribution is 2.41. The number of amides is 2. The van der Waals surface area contributed by atoms with Crippen molar-refractivity contribution >= 4 is 52.2 Å². The van der Waals surface area contributed by atoms with Gasteiger partial charge in [-0.15, -0.1) is 0 Å². The van der Waals surface area contributed by atoms with Crippen LogP contribution in [0, 0.1) is 13.8 Å². The summed E-state index contributed by atoms with van der Waals surface area (Å²) in [5.74, 6) is -0.901. The van der Waals surface area contributed by atoms with E-state index in [0.717, 1.165) is 27.9 Å². The third-order valence-electron chi connectivity index (χ3n) is 6.42. The van der Waals surface area contributed by atoms with E-state index in [9.17, 15) is 9.59 Å². The number of nitrogens with one attached hydrogen (secondary N) is 1. The first kappa shape index (κ1) is 23.9. The standard InChI is InChI=1S/C28H31N3O2S/c1-16(2)31-24-11-9-20(13-21(24)19(5)15-28(31,6)7)14-22-25(32)29-27(34)30(26(22)33)23-10-8-17(3)12-18(23)4/h8-16H,1-7H3,(H,29,32,34)/b22-14+. The van der Waals surface area contributed by atoms with E-state index in [1.54, 1.807) is 6.08 Å². The molecule has 1 N–H and O–H groups in total. The van der Waals surface area contributed by atoms with Gasteiger partial charge in [0.2, 0.25) is 0 Å². The van der Waals surface area contributed by atoms with Crippen LogP contribution >= 0.6 is 12.2 Å². The van der Waals surface area contributed by atoms with Crippen LogP contribution < -0.4 is 15.1 Å². The Kier molecular flexibility index (Phi) is 5.98. The van der Waals surface area contributed by atoms with Gasteiger partial charge in [-0.3, -0.25) is 19.8 Å². The number of hydrogen-bond acceptors (Lipinski definition) is 4. The fourth-order valence-corrected chi connectivity index (χ4v) is 5.47. The zero-order chi connectivity index (χ0) is 24.9. The lowest BCUT2D eigenvalue weighted by Crippen LogP contribution is -2.54. The third-order valence-corrected chi connectivity index (χ3v) is 6.70. The molecule has 1 saturated heterocycles. The molecular weight excluding hydrogens is 442 g/mol. The topological polar surface area (TPSA) is 52.7 Å². The minimum absolute atomic E-state index is 0.0620. The van der Waals surface area contributed by atoms with Crippen molar-refractivity contribution in [2.45, 2.75) is 60.0 Å². The molecule has 2 aliphatic rings. The van der Waals surface area contributed by atoms with Crippen molar-refractivity contribution in [3.8, 4) is 0 Å².